The van der Waals surface area contributed by atoms with Crippen LogP contribution in [0.5, 0.6) is 0 Å². The van der Waals surface area contributed by atoms with E-state index in [4.69, 9.17) is 5.26 Å². The van der Waals surface area contributed by atoms with E-state index < -0.39 is 0 Å². The highest BCUT2D eigenvalue weighted by Crippen LogP contribution is 2.08. The molecule has 1 aromatic carbocycles. The van der Waals surface area contributed by atoms with E-state index >= 15 is 0 Å². The highest BCUT2D eigenvalue weighted by atomic mass is 35.5. The van der Waals surface area contributed by atoms with Crippen LogP contribution >= 0.6 is 12.4 Å². The molecule has 0 unspecified atom stereocenters. The summed E-state index contributed by atoms with van der Waals surface area (Å²) >= 11 is 0. The van der Waals surface area contributed by atoms with Gasteiger partial charge in [-0.15, -0.1) is 12.4 Å². The van der Waals surface area contributed by atoms with Gasteiger partial charge in [0.2, 0.25) is 0 Å². The molecule has 0 spiro atoms. The van der Waals surface area contributed by atoms with Crippen LogP contribution in [0, 0.1) is 11.3 Å². The fourth-order valence-electron chi connectivity index (χ4n) is 0.881. The average molecular weight is 183 g/mol. The zero-order valence-electron chi connectivity index (χ0n) is 6.87. The second kappa shape index (κ2) is 5.45. The average Bonchev–Trinajstić information content (AvgIpc) is 2.07. The maximum absolute atomic E-state index is 8.38. The van der Waals surface area contributed by atoms with Crippen LogP contribution in [0.15, 0.2) is 24.3 Å². The van der Waals surface area contributed by atoms with Crippen LogP contribution in [0.4, 0.5) is 5.69 Å². The first-order valence-electron chi connectivity index (χ1n) is 3.50. The van der Waals surface area contributed by atoms with Crippen LogP contribution in [0.2, 0.25) is 0 Å². The Morgan fingerprint density at radius 3 is 2.33 bits per heavy atom. The normalized spacial score (nSPS) is 8.00. The first-order valence-corrected chi connectivity index (χ1v) is 3.50. The first kappa shape index (κ1) is 10.8. The summed E-state index contributed by atoms with van der Waals surface area (Å²) in [5.74, 6) is 0. The Balaban J connectivity index is 0.00000121. The quantitative estimate of drug-likeness (QED) is 0.762. The van der Waals surface area contributed by atoms with Gasteiger partial charge in [0.25, 0.3) is 0 Å². The molecule has 0 aliphatic carbocycles. The van der Waals surface area contributed by atoms with Crippen molar-refractivity contribution in [3.05, 3.63) is 29.8 Å². The minimum Gasteiger partial charge on any atom is -0.388 e. The van der Waals surface area contributed by atoms with Gasteiger partial charge < -0.3 is 5.32 Å². The Morgan fingerprint density at radius 1 is 1.33 bits per heavy atom. The van der Waals surface area contributed by atoms with Crippen LogP contribution in [0.1, 0.15) is 5.56 Å². The van der Waals surface area contributed by atoms with Gasteiger partial charge in [-0.25, -0.2) is 0 Å². The number of hydrogen-bond donors (Lipinski definition) is 1. The molecule has 0 heterocycles. The number of halogens is 1. The lowest BCUT2D eigenvalue weighted by Crippen LogP contribution is -1.87. The van der Waals surface area contributed by atoms with E-state index in [2.05, 4.69) is 11.4 Å². The van der Waals surface area contributed by atoms with Gasteiger partial charge >= 0.3 is 0 Å². The van der Waals surface area contributed by atoms with Crippen molar-refractivity contribution in [2.75, 3.05) is 12.4 Å². The number of nitrogens with one attached hydrogen (secondary N) is 1. The Labute approximate surface area is 78.6 Å². The molecule has 64 valence electrons. The summed E-state index contributed by atoms with van der Waals surface area (Å²) in [6.07, 6.45) is 0.490. The third-order valence-electron chi connectivity index (χ3n) is 1.53. The van der Waals surface area contributed by atoms with Gasteiger partial charge in [-0.05, 0) is 17.7 Å². The molecule has 0 aliphatic heterocycles. The molecule has 0 radical (unpaired) electrons. The molecule has 3 heteroatoms. The highest BCUT2D eigenvalue weighted by Gasteiger charge is 1.90. The van der Waals surface area contributed by atoms with E-state index in [0.717, 1.165) is 11.3 Å². The second-order valence-electron chi connectivity index (χ2n) is 2.28. The Morgan fingerprint density at radius 2 is 1.92 bits per heavy atom. The number of rotatable bonds is 2. The van der Waals surface area contributed by atoms with Gasteiger partial charge in [-0.2, -0.15) is 5.26 Å². The molecule has 0 aromatic heterocycles. The van der Waals surface area contributed by atoms with E-state index in [0.29, 0.717) is 6.42 Å². The predicted molar refractivity (Wildman–Crippen MR) is 52.6 cm³/mol. The van der Waals surface area contributed by atoms with Crippen LogP contribution in [-0.2, 0) is 6.42 Å². The maximum Gasteiger partial charge on any atom is 0.0669 e. The van der Waals surface area contributed by atoms with Crippen LogP contribution in [-0.4, -0.2) is 7.05 Å². The summed E-state index contributed by atoms with van der Waals surface area (Å²) in [6.45, 7) is 0. The minimum atomic E-state index is 0. The molecule has 0 bridgehead atoms. The Bertz CT molecular complexity index is 261. The van der Waals surface area contributed by atoms with Crippen molar-refractivity contribution < 1.29 is 0 Å². The molecule has 1 N–H and O–H groups in total. The SMILES string of the molecule is CNc1ccc(CC#N)cc1.Cl. The van der Waals surface area contributed by atoms with Gasteiger partial charge in [0.05, 0.1) is 12.5 Å². The standard InChI is InChI=1S/C9H10N2.ClH/c1-11-9-4-2-8(3-5-9)6-7-10;/h2-5,11H,6H2,1H3;1H. The minimum absolute atomic E-state index is 0. The summed E-state index contributed by atoms with van der Waals surface area (Å²) in [7, 11) is 1.87. The second-order valence-corrected chi connectivity index (χ2v) is 2.28. The summed E-state index contributed by atoms with van der Waals surface area (Å²) in [5.41, 5.74) is 2.14. The van der Waals surface area contributed by atoms with Crippen molar-refractivity contribution >= 4 is 18.1 Å². The number of anilines is 1. The molecule has 0 saturated carbocycles. The van der Waals surface area contributed by atoms with Gasteiger partial charge in [0.15, 0.2) is 0 Å². The third kappa shape index (κ3) is 2.81. The monoisotopic (exact) mass is 182 g/mol. The maximum atomic E-state index is 8.38. The number of benzene rings is 1. The first-order chi connectivity index (χ1) is 5.36. The van der Waals surface area contributed by atoms with Gasteiger partial charge in [-0.3, -0.25) is 0 Å². The van der Waals surface area contributed by atoms with Gasteiger partial charge in [-0.1, -0.05) is 12.1 Å². The zero-order chi connectivity index (χ0) is 8.10. The van der Waals surface area contributed by atoms with Crippen molar-refractivity contribution in [2.45, 2.75) is 6.42 Å². The molecule has 2 nitrogen and oxygen atoms in total. The highest BCUT2D eigenvalue weighted by molar-refractivity contribution is 5.85. The van der Waals surface area contributed by atoms with Crippen molar-refractivity contribution in [1.82, 2.24) is 0 Å². The van der Waals surface area contributed by atoms with Crippen molar-refractivity contribution in [2.24, 2.45) is 0 Å². The van der Waals surface area contributed by atoms with Gasteiger partial charge in [0.1, 0.15) is 0 Å². The molecule has 12 heavy (non-hydrogen) atoms. The molecular formula is C9H11ClN2. The Kier molecular flexibility index (Phi) is 4.91. The lowest BCUT2D eigenvalue weighted by Gasteiger charge is -1.99. The van der Waals surface area contributed by atoms with Crippen LogP contribution in [0.25, 0.3) is 0 Å². The number of hydrogen-bond acceptors (Lipinski definition) is 2. The van der Waals surface area contributed by atoms with E-state index in [1.807, 2.05) is 31.3 Å². The van der Waals surface area contributed by atoms with E-state index in [1.165, 1.54) is 0 Å². The van der Waals surface area contributed by atoms with Crippen molar-refractivity contribution in [1.29, 1.82) is 5.26 Å². The molecule has 0 saturated heterocycles. The largest absolute Gasteiger partial charge is 0.388 e. The molecule has 0 atom stereocenters. The van der Waals surface area contributed by atoms with Crippen LogP contribution < -0.4 is 5.32 Å². The molecule has 1 rings (SSSR count). The molecular weight excluding hydrogens is 172 g/mol. The molecule has 1 aromatic rings. The lowest BCUT2D eigenvalue weighted by atomic mass is 10.1. The van der Waals surface area contributed by atoms with E-state index in [9.17, 15) is 0 Å². The summed E-state index contributed by atoms with van der Waals surface area (Å²) in [4.78, 5) is 0. The molecule has 0 fully saturated rings. The summed E-state index contributed by atoms with van der Waals surface area (Å²) in [6, 6.07) is 9.94. The topological polar surface area (TPSA) is 35.8 Å². The zero-order valence-corrected chi connectivity index (χ0v) is 7.69. The molecule has 0 amide bonds. The third-order valence-corrected chi connectivity index (χ3v) is 1.53. The summed E-state index contributed by atoms with van der Waals surface area (Å²) in [5, 5.41) is 11.4. The fraction of sp³-hybridized carbons (Fsp3) is 0.222. The fourth-order valence-corrected chi connectivity index (χ4v) is 0.881. The van der Waals surface area contributed by atoms with E-state index in [-0.39, 0.29) is 12.4 Å². The summed E-state index contributed by atoms with van der Waals surface area (Å²) < 4.78 is 0. The lowest BCUT2D eigenvalue weighted by molar-refractivity contribution is 1.26. The predicted octanol–water partition coefficient (Wildman–Crippen LogP) is 2.22. The van der Waals surface area contributed by atoms with Gasteiger partial charge in [0, 0.05) is 12.7 Å². The van der Waals surface area contributed by atoms with Crippen molar-refractivity contribution in [3.8, 4) is 6.07 Å². The number of nitrogens with zero attached hydrogens (tertiary/aromatic N) is 1. The number of nitriles is 1. The van der Waals surface area contributed by atoms with Crippen LogP contribution in [0.3, 0.4) is 0 Å². The van der Waals surface area contributed by atoms with Crippen molar-refractivity contribution in [3.63, 3.8) is 0 Å². The Hall–Kier alpha value is -1.20. The van der Waals surface area contributed by atoms with E-state index in [1.54, 1.807) is 0 Å². The molecule has 0 aliphatic rings. The smallest absolute Gasteiger partial charge is 0.0669 e.